The standard InChI is InChI=1S/C6H9F2I/c1-4(9)5-2-6(7,8)3-5/h4-5H,2-3H2,1H3/t4-/m1/s1. The highest BCUT2D eigenvalue weighted by Crippen LogP contribution is 2.45. The molecule has 0 unspecified atom stereocenters. The zero-order chi connectivity index (χ0) is 7.07. The van der Waals surface area contributed by atoms with Crippen LogP contribution in [0.1, 0.15) is 19.8 Å². The van der Waals surface area contributed by atoms with Gasteiger partial charge < -0.3 is 0 Å². The van der Waals surface area contributed by atoms with E-state index in [0.29, 0.717) is 3.92 Å². The fraction of sp³-hybridized carbons (Fsp3) is 1.00. The van der Waals surface area contributed by atoms with Crippen molar-refractivity contribution in [3.63, 3.8) is 0 Å². The number of halogens is 3. The van der Waals surface area contributed by atoms with E-state index in [1.165, 1.54) is 0 Å². The molecule has 0 aromatic rings. The van der Waals surface area contributed by atoms with E-state index in [2.05, 4.69) is 22.6 Å². The Balaban J connectivity index is 2.27. The van der Waals surface area contributed by atoms with Crippen molar-refractivity contribution < 1.29 is 8.78 Å². The second-order valence-corrected chi connectivity index (χ2v) is 4.67. The van der Waals surface area contributed by atoms with E-state index < -0.39 is 5.92 Å². The van der Waals surface area contributed by atoms with Gasteiger partial charge in [-0.3, -0.25) is 0 Å². The number of hydrogen-bond donors (Lipinski definition) is 0. The minimum Gasteiger partial charge on any atom is -0.207 e. The van der Waals surface area contributed by atoms with E-state index in [1.54, 1.807) is 0 Å². The molecule has 0 bridgehead atoms. The third-order valence-electron chi connectivity index (χ3n) is 1.77. The molecule has 0 amide bonds. The van der Waals surface area contributed by atoms with E-state index in [1.807, 2.05) is 6.92 Å². The van der Waals surface area contributed by atoms with Crippen LogP contribution in [0.15, 0.2) is 0 Å². The maximum Gasteiger partial charge on any atom is 0.248 e. The number of hydrogen-bond acceptors (Lipinski definition) is 0. The second-order valence-electron chi connectivity index (χ2n) is 2.70. The molecule has 54 valence electrons. The molecule has 0 saturated heterocycles. The maximum absolute atomic E-state index is 12.1. The molecule has 0 N–H and O–H groups in total. The Hall–Kier alpha value is 0.590. The van der Waals surface area contributed by atoms with Crippen molar-refractivity contribution in [3.8, 4) is 0 Å². The first-order valence-corrected chi connectivity index (χ1v) is 4.28. The van der Waals surface area contributed by atoms with Crippen molar-refractivity contribution in [1.82, 2.24) is 0 Å². The topological polar surface area (TPSA) is 0 Å². The van der Waals surface area contributed by atoms with Crippen LogP contribution in [-0.4, -0.2) is 9.85 Å². The summed E-state index contributed by atoms with van der Waals surface area (Å²) in [6, 6.07) is 0. The van der Waals surface area contributed by atoms with E-state index in [0.717, 1.165) is 0 Å². The average molecular weight is 246 g/mol. The van der Waals surface area contributed by atoms with Gasteiger partial charge in [-0.2, -0.15) is 0 Å². The molecule has 3 heteroatoms. The number of alkyl halides is 3. The van der Waals surface area contributed by atoms with Crippen molar-refractivity contribution >= 4 is 22.6 Å². The molecule has 0 heterocycles. The lowest BCUT2D eigenvalue weighted by molar-refractivity contribution is -0.108. The highest BCUT2D eigenvalue weighted by molar-refractivity contribution is 14.1. The fourth-order valence-electron chi connectivity index (χ4n) is 1.03. The molecule has 0 radical (unpaired) electrons. The Bertz CT molecular complexity index is 104. The quantitative estimate of drug-likeness (QED) is 0.493. The summed E-state index contributed by atoms with van der Waals surface area (Å²) >= 11 is 2.20. The summed E-state index contributed by atoms with van der Waals surface area (Å²) in [5.41, 5.74) is 0. The molecule has 9 heavy (non-hydrogen) atoms. The van der Waals surface area contributed by atoms with Gasteiger partial charge in [-0.05, 0) is 5.92 Å². The summed E-state index contributed by atoms with van der Waals surface area (Å²) in [7, 11) is 0. The van der Waals surface area contributed by atoms with Crippen molar-refractivity contribution in [1.29, 1.82) is 0 Å². The zero-order valence-corrected chi connectivity index (χ0v) is 7.36. The molecular weight excluding hydrogens is 237 g/mol. The van der Waals surface area contributed by atoms with Gasteiger partial charge in [-0.15, -0.1) is 0 Å². The van der Waals surface area contributed by atoms with Gasteiger partial charge in [0.05, 0.1) is 0 Å². The van der Waals surface area contributed by atoms with Gasteiger partial charge in [0.15, 0.2) is 0 Å². The third kappa shape index (κ3) is 1.75. The average Bonchev–Trinajstić information content (AvgIpc) is 1.59. The normalized spacial score (nSPS) is 29.3. The Morgan fingerprint density at radius 2 is 2.00 bits per heavy atom. The molecule has 0 aromatic carbocycles. The molecule has 1 atom stereocenters. The van der Waals surface area contributed by atoms with Crippen LogP contribution >= 0.6 is 22.6 Å². The summed E-state index contributed by atoms with van der Waals surface area (Å²) < 4.78 is 24.7. The summed E-state index contributed by atoms with van der Waals surface area (Å²) in [5.74, 6) is -2.06. The van der Waals surface area contributed by atoms with Crippen LogP contribution in [0.4, 0.5) is 8.78 Å². The predicted octanol–water partition coefficient (Wildman–Crippen LogP) is 2.86. The molecule has 0 aliphatic heterocycles. The highest BCUT2D eigenvalue weighted by atomic mass is 127. The van der Waals surface area contributed by atoms with Crippen molar-refractivity contribution in [2.24, 2.45) is 5.92 Å². The Labute approximate surface area is 67.2 Å². The van der Waals surface area contributed by atoms with Gasteiger partial charge in [0.25, 0.3) is 0 Å². The lowest BCUT2D eigenvalue weighted by Crippen LogP contribution is -2.38. The maximum atomic E-state index is 12.1. The van der Waals surface area contributed by atoms with Crippen LogP contribution in [0, 0.1) is 5.92 Å². The largest absolute Gasteiger partial charge is 0.248 e. The molecule has 1 aliphatic rings. The first kappa shape index (κ1) is 7.69. The molecule has 0 nitrogen and oxygen atoms in total. The van der Waals surface area contributed by atoms with Crippen LogP contribution < -0.4 is 0 Å². The van der Waals surface area contributed by atoms with Crippen LogP contribution in [-0.2, 0) is 0 Å². The minimum absolute atomic E-state index is 0.108. The van der Waals surface area contributed by atoms with Gasteiger partial charge in [-0.1, -0.05) is 29.5 Å². The monoisotopic (exact) mass is 246 g/mol. The van der Waals surface area contributed by atoms with Gasteiger partial charge in [-0.25, -0.2) is 8.78 Å². The fourth-order valence-corrected chi connectivity index (χ4v) is 1.54. The first-order chi connectivity index (χ1) is 4.01. The van der Waals surface area contributed by atoms with Crippen molar-refractivity contribution in [2.75, 3.05) is 0 Å². The van der Waals surface area contributed by atoms with Crippen LogP contribution in [0.25, 0.3) is 0 Å². The van der Waals surface area contributed by atoms with E-state index in [9.17, 15) is 8.78 Å². The van der Waals surface area contributed by atoms with E-state index >= 15 is 0 Å². The zero-order valence-electron chi connectivity index (χ0n) is 5.20. The summed E-state index contributed by atoms with van der Waals surface area (Å²) in [5, 5.41) is 0. The summed E-state index contributed by atoms with van der Waals surface area (Å²) in [6.07, 6.45) is 0.216. The summed E-state index contributed by atoms with van der Waals surface area (Å²) in [4.78, 5) is 0. The van der Waals surface area contributed by atoms with Gasteiger partial charge in [0.2, 0.25) is 5.92 Å². The van der Waals surface area contributed by atoms with Gasteiger partial charge in [0.1, 0.15) is 0 Å². The van der Waals surface area contributed by atoms with E-state index in [4.69, 9.17) is 0 Å². The van der Waals surface area contributed by atoms with Crippen LogP contribution in [0.5, 0.6) is 0 Å². The Morgan fingerprint density at radius 1 is 1.56 bits per heavy atom. The SMILES string of the molecule is C[C@@H](I)C1CC(F)(F)C1. The molecule has 1 fully saturated rings. The lowest BCUT2D eigenvalue weighted by atomic mass is 9.80. The molecule has 1 aliphatic carbocycles. The smallest absolute Gasteiger partial charge is 0.207 e. The van der Waals surface area contributed by atoms with Gasteiger partial charge in [0, 0.05) is 16.8 Å². The molecular formula is C6H9F2I. The second kappa shape index (κ2) is 2.32. The third-order valence-corrected chi connectivity index (χ3v) is 2.79. The molecule has 1 saturated carbocycles. The minimum atomic E-state index is -2.33. The van der Waals surface area contributed by atoms with Crippen molar-refractivity contribution in [3.05, 3.63) is 0 Å². The van der Waals surface area contributed by atoms with Crippen LogP contribution in [0.3, 0.4) is 0 Å². The van der Waals surface area contributed by atoms with Crippen molar-refractivity contribution in [2.45, 2.75) is 29.6 Å². The van der Waals surface area contributed by atoms with E-state index in [-0.39, 0.29) is 18.8 Å². The molecule has 0 aromatic heterocycles. The molecule has 0 spiro atoms. The molecule has 1 rings (SSSR count). The number of rotatable bonds is 1. The lowest BCUT2D eigenvalue weighted by Gasteiger charge is -2.36. The highest BCUT2D eigenvalue weighted by Gasteiger charge is 2.46. The Kier molecular flexibility index (Phi) is 1.99. The predicted molar refractivity (Wildman–Crippen MR) is 41.2 cm³/mol. The Morgan fingerprint density at radius 3 is 2.11 bits per heavy atom. The first-order valence-electron chi connectivity index (χ1n) is 3.03. The van der Waals surface area contributed by atoms with Crippen LogP contribution in [0.2, 0.25) is 0 Å². The summed E-state index contributed by atoms with van der Waals surface area (Å²) in [6.45, 7) is 1.99. The van der Waals surface area contributed by atoms with Gasteiger partial charge >= 0.3 is 0 Å².